The van der Waals surface area contributed by atoms with Crippen LogP contribution in [-0.4, -0.2) is 24.5 Å². The molecule has 1 unspecified atom stereocenters. The minimum absolute atomic E-state index is 0.491. The number of aryl methyl sites for hydroxylation is 2. The molecular weight excluding hydrogens is 262 g/mol. The van der Waals surface area contributed by atoms with Crippen LogP contribution in [0.5, 0.6) is 0 Å². The molecule has 0 saturated heterocycles. The molecule has 21 heavy (non-hydrogen) atoms. The molecule has 0 N–H and O–H groups in total. The molecule has 0 aliphatic carbocycles. The third kappa shape index (κ3) is 1.96. The van der Waals surface area contributed by atoms with E-state index in [2.05, 4.69) is 56.3 Å². The van der Waals surface area contributed by atoms with Gasteiger partial charge < -0.3 is 4.57 Å². The number of hydrogen-bond acceptors (Lipinski definition) is 3. The van der Waals surface area contributed by atoms with Gasteiger partial charge in [0.2, 0.25) is 0 Å². The molecule has 5 heteroatoms. The van der Waals surface area contributed by atoms with Crippen molar-refractivity contribution in [3.8, 4) is 11.5 Å². The number of benzene rings is 1. The van der Waals surface area contributed by atoms with Crippen LogP contribution in [0.2, 0.25) is 0 Å². The Hall–Kier alpha value is -2.43. The van der Waals surface area contributed by atoms with Crippen LogP contribution in [0.1, 0.15) is 23.0 Å². The molecule has 0 saturated carbocycles. The summed E-state index contributed by atoms with van der Waals surface area (Å²) in [6, 6.07) is 12.7. The summed E-state index contributed by atoms with van der Waals surface area (Å²) < 4.78 is 4.11. The predicted octanol–water partition coefficient (Wildman–Crippen LogP) is 2.33. The molecule has 106 valence electrons. The second-order valence-electron chi connectivity index (χ2n) is 5.66. The SMILES string of the molecule is Cc1cc(-c2nnc3n2CC(c2ccccc2)C3)n(C)n1. The molecule has 1 aromatic carbocycles. The normalized spacial score (nSPS) is 17.1. The molecule has 0 spiro atoms. The van der Waals surface area contributed by atoms with Crippen molar-refractivity contribution in [1.82, 2.24) is 24.5 Å². The van der Waals surface area contributed by atoms with Gasteiger partial charge in [0.15, 0.2) is 5.82 Å². The lowest BCUT2D eigenvalue weighted by atomic mass is 9.98. The van der Waals surface area contributed by atoms with Gasteiger partial charge >= 0.3 is 0 Å². The molecule has 3 aromatic rings. The Bertz CT molecular complexity index is 784. The molecule has 0 radical (unpaired) electrons. The summed E-state index contributed by atoms with van der Waals surface area (Å²) in [5.74, 6) is 2.48. The fraction of sp³-hybridized carbons (Fsp3) is 0.312. The van der Waals surface area contributed by atoms with E-state index < -0.39 is 0 Å². The zero-order chi connectivity index (χ0) is 14.4. The Morgan fingerprint density at radius 1 is 1.14 bits per heavy atom. The van der Waals surface area contributed by atoms with Crippen LogP contribution in [0.4, 0.5) is 0 Å². The van der Waals surface area contributed by atoms with Crippen LogP contribution in [-0.2, 0) is 20.0 Å². The van der Waals surface area contributed by atoms with Gasteiger partial charge in [-0.05, 0) is 18.6 Å². The van der Waals surface area contributed by atoms with E-state index in [4.69, 9.17) is 0 Å². The summed E-state index contributed by atoms with van der Waals surface area (Å²) in [5, 5.41) is 13.1. The van der Waals surface area contributed by atoms with Gasteiger partial charge in [0, 0.05) is 25.9 Å². The van der Waals surface area contributed by atoms with Gasteiger partial charge in [-0.25, -0.2) is 0 Å². The van der Waals surface area contributed by atoms with Crippen molar-refractivity contribution in [2.45, 2.75) is 25.8 Å². The number of nitrogens with zero attached hydrogens (tertiary/aromatic N) is 5. The average Bonchev–Trinajstić information content (AvgIpc) is 3.13. The molecule has 0 amide bonds. The minimum atomic E-state index is 0.491. The number of aromatic nitrogens is 5. The first-order valence-corrected chi connectivity index (χ1v) is 7.20. The van der Waals surface area contributed by atoms with Gasteiger partial charge in [0.1, 0.15) is 11.5 Å². The average molecular weight is 279 g/mol. The van der Waals surface area contributed by atoms with Crippen molar-refractivity contribution in [2.24, 2.45) is 7.05 Å². The zero-order valence-corrected chi connectivity index (χ0v) is 12.2. The van der Waals surface area contributed by atoms with Crippen molar-refractivity contribution in [2.75, 3.05) is 0 Å². The van der Waals surface area contributed by atoms with Crippen molar-refractivity contribution in [3.05, 3.63) is 53.5 Å². The zero-order valence-electron chi connectivity index (χ0n) is 12.2. The first-order chi connectivity index (χ1) is 10.2. The Morgan fingerprint density at radius 3 is 2.67 bits per heavy atom. The predicted molar refractivity (Wildman–Crippen MR) is 79.8 cm³/mol. The fourth-order valence-corrected chi connectivity index (χ4v) is 3.14. The van der Waals surface area contributed by atoms with Crippen LogP contribution in [0, 0.1) is 6.92 Å². The largest absolute Gasteiger partial charge is 0.309 e. The standard InChI is InChI=1S/C16H17N5/c1-11-8-14(20(2)19-11)16-18-17-15-9-13(10-21(15)16)12-6-4-3-5-7-12/h3-8,13H,9-10H2,1-2H3. The molecule has 1 aliphatic rings. The van der Waals surface area contributed by atoms with Crippen LogP contribution < -0.4 is 0 Å². The van der Waals surface area contributed by atoms with Crippen molar-refractivity contribution in [1.29, 1.82) is 0 Å². The highest BCUT2D eigenvalue weighted by molar-refractivity contribution is 5.51. The van der Waals surface area contributed by atoms with Crippen molar-refractivity contribution >= 4 is 0 Å². The van der Waals surface area contributed by atoms with Gasteiger partial charge in [-0.15, -0.1) is 10.2 Å². The van der Waals surface area contributed by atoms with E-state index in [0.29, 0.717) is 5.92 Å². The molecule has 1 atom stereocenters. The van der Waals surface area contributed by atoms with Crippen LogP contribution in [0.25, 0.3) is 11.5 Å². The maximum Gasteiger partial charge on any atom is 0.182 e. The molecule has 0 bridgehead atoms. The fourth-order valence-electron chi connectivity index (χ4n) is 3.14. The van der Waals surface area contributed by atoms with Gasteiger partial charge in [0.05, 0.1) is 5.69 Å². The number of fused-ring (bicyclic) bond motifs is 1. The molecule has 3 heterocycles. The molecule has 2 aromatic heterocycles. The second-order valence-corrected chi connectivity index (χ2v) is 5.66. The van der Waals surface area contributed by atoms with E-state index in [9.17, 15) is 0 Å². The Kier molecular flexibility index (Phi) is 2.67. The van der Waals surface area contributed by atoms with Crippen LogP contribution in [0.3, 0.4) is 0 Å². The number of rotatable bonds is 2. The minimum Gasteiger partial charge on any atom is -0.309 e. The smallest absolute Gasteiger partial charge is 0.182 e. The van der Waals surface area contributed by atoms with Gasteiger partial charge in [0.25, 0.3) is 0 Å². The molecule has 5 nitrogen and oxygen atoms in total. The van der Waals surface area contributed by atoms with Gasteiger partial charge in [-0.3, -0.25) is 4.68 Å². The van der Waals surface area contributed by atoms with E-state index in [1.54, 1.807) is 0 Å². The summed E-state index contributed by atoms with van der Waals surface area (Å²) in [4.78, 5) is 0. The van der Waals surface area contributed by atoms with E-state index in [0.717, 1.165) is 36.0 Å². The molecule has 4 rings (SSSR count). The topological polar surface area (TPSA) is 48.5 Å². The van der Waals surface area contributed by atoms with Crippen molar-refractivity contribution in [3.63, 3.8) is 0 Å². The number of hydrogen-bond donors (Lipinski definition) is 0. The first-order valence-electron chi connectivity index (χ1n) is 7.20. The summed E-state index contributed by atoms with van der Waals surface area (Å²) in [7, 11) is 1.95. The van der Waals surface area contributed by atoms with Crippen LogP contribution in [0.15, 0.2) is 36.4 Å². The highest BCUT2D eigenvalue weighted by Gasteiger charge is 2.28. The highest BCUT2D eigenvalue weighted by atomic mass is 15.3. The molecular formula is C16H17N5. The summed E-state index contributed by atoms with van der Waals surface area (Å²) >= 11 is 0. The van der Waals surface area contributed by atoms with E-state index in [-0.39, 0.29) is 0 Å². The summed E-state index contributed by atoms with van der Waals surface area (Å²) in [5.41, 5.74) is 3.40. The van der Waals surface area contributed by atoms with Crippen molar-refractivity contribution < 1.29 is 0 Å². The lowest BCUT2D eigenvalue weighted by Crippen LogP contribution is -2.05. The lowest BCUT2D eigenvalue weighted by molar-refractivity contribution is 0.645. The van der Waals surface area contributed by atoms with E-state index in [1.807, 2.05) is 18.7 Å². The lowest BCUT2D eigenvalue weighted by Gasteiger charge is -2.09. The highest BCUT2D eigenvalue weighted by Crippen LogP contribution is 2.32. The third-order valence-corrected chi connectivity index (χ3v) is 4.16. The third-order valence-electron chi connectivity index (χ3n) is 4.16. The second kappa shape index (κ2) is 4.55. The maximum absolute atomic E-state index is 4.41. The maximum atomic E-state index is 4.41. The van der Waals surface area contributed by atoms with E-state index >= 15 is 0 Å². The Morgan fingerprint density at radius 2 is 1.95 bits per heavy atom. The van der Waals surface area contributed by atoms with E-state index in [1.165, 1.54) is 5.56 Å². The van der Waals surface area contributed by atoms with Gasteiger partial charge in [-0.2, -0.15) is 5.10 Å². The monoisotopic (exact) mass is 279 g/mol. The molecule has 0 fully saturated rings. The summed E-state index contributed by atoms with van der Waals surface area (Å²) in [6.45, 7) is 2.93. The Labute approximate surface area is 123 Å². The van der Waals surface area contributed by atoms with Crippen LogP contribution >= 0.6 is 0 Å². The Balaban J connectivity index is 1.70. The quantitative estimate of drug-likeness (QED) is 0.723. The summed E-state index contributed by atoms with van der Waals surface area (Å²) in [6.07, 6.45) is 0.952. The first kappa shape index (κ1) is 12.3. The van der Waals surface area contributed by atoms with Gasteiger partial charge in [-0.1, -0.05) is 30.3 Å². The molecule has 1 aliphatic heterocycles.